The predicted octanol–water partition coefficient (Wildman–Crippen LogP) is 5.21. The summed E-state index contributed by atoms with van der Waals surface area (Å²) >= 11 is 12.2. The lowest BCUT2D eigenvalue weighted by Crippen LogP contribution is -2.43. The van der Waals surface area contributed by atoms with Crippen LogP contribution in [-0.4, -0.2) is 44.1 Å². The Morgan fingerprint density at radius 1 is 1.06 bits per heavy atom. The van der Waals surface area contributed by atoms with E-state index in [-0.39, 0.29) is 24.3 Å². The molecule has 35 heavy (non-hydrogen) atoms. The third kappa shape index (κ3) is 6.04. The predicted molar refractivity (Wildman–Crippen MR) is 133 cm³/mol. The summed E-state index contributed by atoms with van der Waals surface area (Å²) in [6.45, 7) is 2.35. The molecule has 0 unspecified atom stereocenters. The number of nitriles is 1. The summed E-state index contributed by atoms with van der Waals surface area (Å²) in [5.41, 5.74) is 1.95. The SMILES string of the molecule is COCCCN1C(=O)C(C#N)=C(C)/C(=C\c2ccc(OCc3ccc(Cl)cc3Cl)c(OC)c2)C1=O. The lowest BCUT2D eigenvalue weighted by Gasteiger charge is -2.27. The summed E-state index contributed by atoms with van der Waals surface area (Å²) in [6.07, 6.45) is 2.10. The van der Waals surface area contributed by atoms with E-state index in [0.717, 1.165) is 10.5 Å². The number of carbonyl (C=O) groups is 2. The topological polar surface area (TPSA) is 88.9 Å². The number of hydrogen-bond acceptors (Lipinski definition) is 6. The van der Waals surface area contributed by atoms with Crippen LogP contribution in [0.3, 0.4) is 0 Å². The molecule has 1 heterocycles. The number of carbonyl (C=O) groups excluding carboxylic acids is 2. The number of ether oxygens (including phenoxy) is 3. The van der Waals surface area contributed by atoms with Crippen molar-refractivity contribution >= 4 is 41.1 Å². The minimum Gasteiger partial charge on any atom is -0.493 e. The average molecular weight is 515 g/mol. The molecule has 7 nitrogen and oxygen atoms in total. The normalized spacial score (nSPS) is 15.0. The van der Waals surface area contributed by atoms with Gasteiger partial charge in [-0.25, -0.2) is 0 Å². The number of halogens is 2. The summed E-state index contributed by atoms with van der Waals surface area (Å²) in [4.78, 5) is 26.9. The molecule has 0 fully saturated rings. The third-order valence-electron chi connectivity index (χ3n) is 5.45. The van der Waals surface area contributed by atoms with Gasteiger partial charge >= 0.3 is 0 Å². The van der Waals surface area contributed by atoms with Crippen molar-refractivity contribution in [3.8, 4) is 17.6 Å². The molecule has 1 aliphatic heterocycles. The Hall–Kier alpha value is -3.31. The fourth-order valence-electron chi connectivity index (χ4n) is 3.55. The summed E-state index contributed by atoms with van der Waals surface area (Å²) in [5, 5.41) is 10.6. The van der Waals surface area contributed by atoms with Gasteiger partial charge in [-0.1, -0.05) is 35.3 Å². The maximum absolute atomic E-state index is 13.1. The standard InChI is InChI=1S/C26H24Cl2N2O5/c1-16-20(25(31)30(9-4-10-33-2)26(32)21(16)14-29)11-17-5-8-23(24(12-17)34-3)35-15-18-6-7-19(27)13-22(18)28/h5-8,11-13H,4,9-10,15H2,1-3H3/b20-11+. The molecule has 0 saturated carbocycles. The van der Waals surface area contributed by atoms with Crippen LogP contribution in [0.2, 0.25) is 10.0 Å². The van der Waals surface area contributed by atoms with Crippen molar-refractivity contribution in [1.82, 2.24) is 4.90 Å². The highest BCUT2D eigenvalue weighted by molar-refractivity contribution is 6.35. The Bertz CT molecular complexity index is 1250. The maximum atomic E-state index is 13.1. The second-order valence-corrected chi connectivity index (χ2v) is 8.56. The highest BCUT2D eigenvalue weighted by atomic mass is 35.5. The van der Waals surface area contributed by atoms with Crippen LogP contribution in [0.25, 0.3) is 6.08 Å². The fourth-order valence-corrected chi connectivity index (χ4v) is 4.02. The molecule has 0 N–H and O–H groups in total. The van der Waals surface area contributed by atoms with Crippen LogP contribution in [0.15, 0.2) is 53.1 Å². The number of imide groups is 1. The van der Waals surface area contributed by atoms with Crippen molar-refractivity contribution in [2.45, 2.75) is 20.0 Å². The number of benzene rings is 2. The van der Waals surface area contributed by atoms with Crippen molar-refractivity contribution in [2.24, 2.45) is 0 Å². The molecule has 1 aliphatic rings. The van der Waals surface area contributed by atoms with E-state index in [1.54, 1.807) is 56.5 Å². The van der Waals surface area contributed by atoms with Crippen LogP contribution in [0.4, 0.5) is 0 Å². The lowest BCUT2D eigenvalue weighted by molar-refractivity contribution is -0.140. The van der Waals surface area contributed by atoms with E-state index in [2.05, 4.69) is 0 Å². The monoisotopic (exact) mass is 514 g/mol. The molecule has 0 aromatic heterocycles. The summed E-state index contributed by atoms with van der Waals surface area (Å²) in [7, 11) is 3.05. The molecule has 0 aliphatic carbocycles. The molecule has 0 spiro atoms. The lowest BCUT2D eigenvalue weighted by atomic mass is 9.93. The molecule has 182 valence electrons. The number of hydrogen-bond donors (Lipinski definition) is 0. The fraction of sp³-hybridized carbons (Fsp3) is 0.269. The molecule has 0 radical (unpaired) electrons. The van der Waals surface area contributed by atoms with Crippen LogP contribution in [0.1, 0.15) is 24.5 Å². The molecule has 2 aromatic carbocycles. The van der Waals surface area contributed by atoms with Crippen molar-refractivity contribution < 1.29 is 23.8 Å². The zero-order valence-electron chi connectivity index (χ0n) is 19.6. The van der Waals surface area contributed by atoms with Crippen LogP contribution < -0.4 is 9.47 Å². The second kappa shape index (κ2) is 11.9. The van der Waals surface area contributed by atoms with Crippen LogP contribution in [-0.2, 0) is 20.9 Å². The second-order valence-electron chi connectivity index (χ2n) is 7.71. The van der Waals surface area contributed by atoms with E-state index >= 15 is 0 Å². The first-order valence-electron chi connectivity index (χ1n) is 10.7. The van der Waals surface area contributed by atoms with Gasteiger partial charge in [-0.05, 0) is 54.8 Å². The Labute approximate surface area is 214 Å². The quantitative estimate of drug-likeness (QED) is 0.259. The Kier molecular flexibility index (Phi) is 8.94. The molecule has 0 atom stereocenters. The van der Waals surface area contributed by atoms with Gasteiger partial charge in [0.05, 0.1) is 7.11 Å². The largest absolute Gasteiger partial charge is 0.493 e. The molecule has 0 bridgehead atoms. The number of nitrogens with zero attached hydrogens (tertiary/aromatic N) is 2. The van der Waals surface area contributed by atoms with Crippen LogP contribution >= 0.6 is 23.2 Å². The van der Waals surface area contributed by atoms with Crippen LogP contribution in [0.5, 0.6) is 11.5 Å². The maximum Gasteiger partial charge on any atom is 0.271 e. The van der Waals surface area contributed by atoms with Crippen molar-refractivity contribution in [2.75, 3.05) is 27.4 Å². The van der Waals surface area contributed by atoms with Gasteiger partial charge in [0, 0.05) is 41.4 Å². The molecule has 0 saturated heterocycles. The third-order valence-corrected chi connectivity index (χ3v) is 6.04. The van der Waals surface area contributed by atoms with Gasteiger partial charge in [0.15, 0.2) is 11.5 Å². The molecule has 2 aromatic rings. The van der Waals surface area contributed by atoms with Gasteiger partial charge in [-0.3, -0.25) is 14.5 Å². The van der Waals surface area contributed by atoms with E-state index in [0.29, 0.717) is 45.7 Å². The first kappa shape index (κ1) is 26.3. The number of methoxy groups -OCH3 is 2. The van der Waals surface area contributed by atoms with E-state index in [9.17, 15) is 14.9 Å². The first-order chi connectivity index (χ1) is 16.8. The Balaban J connectivity index is 1.89. The minimum absolute atomic E-state index is 0.0555. The van der Waals surface area contributed by atoms with Gasteiger partial charge in [-0.15, -0.1) is 0 Å². The zero-order chi connectivity index (χ0) is 25.5. The van der Waals surface area contributed by atoms with E-state index in [4.69, 9.17) is 37.4 Å². The average Bonchev–Trinajstić information content (AvgIpc) is 2.84. The minimum atomic E-state index is -0.592. The van der Waals surface area contributed by atoms with Gasteiger partial charge in [0.25, 0.3) is 11.8 Å². The molecular formula is C26H24Cl2N2O5. The van der Waals surface area contributed by atoms with Gasteiger partial charge in [-0.2, -0.15) is 5.26 Å². The summed E-state index contributed by atoms with van der Waals surface area (Å²) in [6, 6.07) is 12.3. The van der Waals surface area contributed by atoms with Crippen LogP contribution in [0, 0.1) is 11.3 Å². The Morgan fingerprint density at radius 2 is 1.83 bits per heavy atom. The van der Waals surface area contributed by atoms with Crippen molar-refractivity contribution in [3.05, 3.63) is 74.3 Å². The smallest absolute Gasteiger partial charge is 0.271 e. The molecule has 3 rings (SSSR count). The number of amides is 2. The first-order valence-corrected chi connectivity index (χ1v) is 11.5. The van der Waals surface area contributed by atoms with Crippen molar-refractivity contribution in [1.29, 1.82) is 5.26 Å². The Morgan fingerprint density at radius 3 is 2.49 bits per heavy atom. The van der Waals surface area contributed by atoms with E-state index in [1.807, 2.05) is 6.07 Å². The number of rotatable bonds is 9. The molecule has 9 heteroatoms. The molecule has 2 amide bonds. The zero-order valence-corrected chi connectivity index (χ0v) is 21.1. The van der Waals surface area contributed by atoms with E-state index < -0.39 is 11.8 Å². The van der Waals surface area contributed by atoms with Gasteiger partial charge in [0.2, 0.25) is 0 Å². The van der Waals surface area contributed by atoms with E-state index in [1.165, 1.54) is 7.11 Å². The highest BCUT2D eigenvalue weighted by Gasteiger charge is 2.35. The summed E-state index contributed by atoms with van der Waals surface area (Å²) in [5.74, 6) is -0.121. The van der Waals surface area contributed by atoms with Gasteiger partial charge < -0.3 is 14.2 Å². The van der Waals surface area contributed by atoms with Crippen molar-refractivity contribution in [3.63, 3.8) is 0 Å². The van der Waals surface area contributed by atoms with Gasteiger partial charge in [0.1, 0.15) is 18.2 Å². The summed E-state index contributed by atoms with van der Waals surface area (Å²) < 4.78 is 16.4. The molecular weight excluding hydrogens is 491 g/mol. The highest BCUT2D eigenvalue weighted by Crippen LogP contribution is 2.33.